The average Bonchev–Trinajstić information content (AvgIpc) is 2.59. The van der Waals surface area contributed by atoms with Crippen LogP contribution in [0.15, 0.2) is 0 Å². The van der Waals surface area contributed by atoms with Crippen molar-refractivity contribution in [2.24, 2.45) is 0 Å². The monoisotopic (exact) mass is 178 g/mol. The molecule has 2 heteroatoms. The molecule has 0 aromatic heterocycles. The molecule has 1 heterocycles. The molecule has 0 aliphatic carbocycles. The molecule has 1 aromatic carbocycles. The lowest BCUT2D eigenvalue weighted by molar-refractivity contribution is 0.173. The fourth-order valence-corrected chi connectivity index (χ4v) is 1.74. The number of fused-ring (bicyclic) bond motifs is 1. The first-order valence-electron chi connectivity index (χ1n) is 4.49. The minimum absolute atomic E-state index is 0.361. The minimum Gasteiger partial charge on any atom is -0.453 e. The predicted molar refractivity (Wildman–Crippen MR) is 51.5 cm³/mol. The molecule has 1 aromatic rings. The first-order valence-corrected chi connectivity index (χ1v) is 4.49. The molecule has 13 heavy (non-hydrogen) atoms. The lowest BCUT2D eigenvalue weighted by Gasteiger charge is -2.11. The summed E-state index contributed by atoms with van der Waals surface area (Å²) in [5.41, 5.74) is 5.02. The summed E-state index contributed by atoms with van der Waals surface area (Å²) < 4.78 is 10.8. The maximum absolute atomic E-state index is 5.42. The first-order chi connectivity index (χ1) is 6.13. The van der Waals surface area contributed by atoms with Crippen molar-refractivity contribution in [3.8, 4) is 11.5 Å². The van der Waals surface area contributed by atoms with Crippen molar-refractivity contribution >= 4 is 0 Å². The molecule has 0 unspecified atom stereocenters. The second kappa shape index (κ2) is 2.66. The standard InChI is InChI=1S/C11H14O2/c1-6-7(2)9(4)11-10(8(6)3)12-5-13-11/h5H2,1-4H3. The molecule has 0 atom stereocenters. The summed E-state index contributed by atoms with van der Waals surface area (Å²) in [6.45, 7) is 8.77. The first kappa shape index (κ1) is 8.42. The summed E-state index contributed by atoms with van der Waals surface area (Å²) in [7, 11) is 0. The summed E-state index contributed by atoms with van der Waals surface area (Å²) >= 11 is 0. The summed E-state index contributed by atoms with van der Waals surface area (Å²) in [6.07, 6.45) is 0. The highest BCUT2D eigenvalue weighted by molar-refractivity contribution is 5.59. The van der Waals surface area contributed by atoms with E-state index in [0.29, 0.717) is 6.79 Å². The van der Waals surface area contributed by atoms with Crippen molar-refractivity contribution in [3.63, 3.8) is 0 Å². The molecule has 2 nitrogen and oxygen atoms in total. The third-order valence-electron chi connectivity index (χ3n) is 2.98. The van der Waals surface area contributed by atoms with E-state index < -0.39 is 0 Å². The van der Waals surface area contributed by atoms with E-state index in [4.69, 9.17) is 9.47 Å². The van der Waals surface area contributed by atoms with E-state index in [1.54, 1.807) is 0 Å². The van der Waals surface area contributed by atoms with Crippen LogP contribution in [0.1, 0.15) is 22.3 Å². The quantitative estimate of drug-likeness (QED) is 0.608. The molecule has 0 fully saturated rings. The van der Waals surface area contributed by atoms with Crippen molar-refractivity contribution in [1.29, 1.82) is 0 Å². The Morgan fingerprint density at radius 2 is 1.08 bits per heavy atom. The van der Waals surface area contributed by atoms with E-state index in [9.17, 15) is 0 Å². The van der Waals surface area contributed by atoms with Crippen molar-refractivity contribution < 1.29 is 9.47 Å². The van der Waals surface area contributed by atoms with E-state index >= 15 is 0 Å². The van der Waals surface area contributed by atoms with Crippen LogP contribution in [-0.2, 0) is 0 Å². The zero-order valence-electron chi connectivity index (χ0n) is 8.52. The fourth-order valence-electron chi connectivity index (χ4n) is 1.74. The van der Waals surface area contributed by atoms with Gasteiger partial charge in [0.25, 0.3) is 0 Å². The van der Waals surface area contributed by atoms with Gasteiger partial charge in [-0.15, -0.1) is 0 Å². The third kappa shape index (κ3) is 1.01. The SMILES string of the molecule is Cc1c(C)c(C)c2c(c1C)OCO2. The lowest BCUT2D eigenvalue weighted by atomic mass is 9.98. The Kier molecular flexibility index (Phi) is 1.72. The Labute approximate surface area is 78.5 Å². The fraction of sp³-hybridized carbons (Fsp3) is 0.455. The Morgan fingerprint density at radius 1 is 0.692 bits per heavy atom. The van der Waals surface area contributed by atoms with Crippen LogP contribution in [-0.4, -0.2) is 6.79 Å². The Morgan fingerprint density at radius 3 is 1.46 bits per heavy atom. The molecule has 0 saturated carbocycles. The van der Waals surface area contributed by atoms with Gasteiger partial charge in [0.05, 0.1) is 0 Å². The molecule has 0 saturated heterocycles. The van der Waals surface area contributed by atoms with Crippen molar-refractivity contribution in [1.82, 2.24) is 0 Å². The number of hydrogen-bond acceptors (Lipinski definition) is 2. The van der Waals surface area contributed by atoms with Gasteiger partial charge in [0.2, 0.25) is 6.79 Å². The van der Waals surface area contributed by atoms with E-state index in [1.807, 2.05) is 0 Å². The van der Waals surface area contributed by atoms with Gasteiger partial charge in [-0.3, -0.25) is 0 Å². The van der Waals surface area contributed by atoms with Gasteiger partial charge in [0.1, 0.15) is 0 Å². The second-order valence-corrected chi connectivity index (χ2v) is 3.56. The second-order valence-electron chi connectivity index (χ2n) is 3.56. The highest BCUT2D eigenvalue weighted by Crippen LogP contribution is 2.41. The third-order valence-corrected chi connectivity index (χ3v) is 2.98. The van der Waals surface area contributed by atoms with Crippen LogP contribution in [0.2, 0.25) is 0 Å². The maximum atomic E-state index is 5.42. The van der Waals surface area contributed by atoms with Gasteiger partial charge in [0, 0.05) is 0 Å². The van der Waals surface area contributed by atoms with Gasteiger partial charge in [-0.1, -0.05) is 0 Å². The summed E-state index contributed by atoms with van der Waals surface area (Å²) in [5.74, 6) is 1.86. The normalized spacial score (nSPS) is 13.5. The molecule has 0 amide bonds. The molecule has 1 aliphatic rings. The predicted octanol–water partition coefficient (Wildman–Crippen LogP) is 2.65. The zero-order chi connectivity index (χ0) is 9.59. The number of rotatable bonds is 0. The molecule has 0 radical (unpaired) electrons. The van der Waals surface area contributed by atoms with Crippen LogP contribution in [0.4, 0.5) is 0 Å². The number of hydrogen-bond donors (Lipinski definition) is 0. The van der Waals surface area contributed by atoms with E-state index in [0.717, 1.165) is 11.5 Å². The molecule has 2 rings (SSSR count). The summed E-state index contributed by atoms with van der Waals surface area (Å²) in [4.78, 5) is 0. The largest absolute Gasteiger partial charge is 0.453 e. The van der Waals surface area contributed by atoms with Crippen LogP contribution in [0.3, 0.4) is 0 Å². The van der Waals surface area contributed by atoms with Crippen LogP contribution >= 0.6 is 0 Å². The molecule has 0 bridgehead atoms. The topological polar surface area (TPSA) is 18.5 Å². The van der Waals surface area contributed by atoms with Gasteiger partial charge >= 0.3 is 0 Å². The van der Waals surface area contributed by atoms with Crippen LogP contribution in [0.5, 0.6) is 11.5 Å². The number of benzene rings is 1. The lowest BCUT2D eigenvalue weighted by Crippen LogP contribution is -1.93. The Hall–Kier alpha value is -1.18. The van der Waals surface area contributed by atoms with E-state index in [2.05, 4.69) is 27.7 Å². The average molecular weight is 178 g/mol. The van der Waals surface area contributed by atoms with Gasteiger partial charge in [-0.25, -0.2) is 0 Å². The van der Waals surface area contributed by atoms with Crippen LogP contribution < -0.4 is 9.47 Å². The molecule has 0 N–H and O–H groups in total. The van der Waals surface area contributed by atoms with Crippen LogP contribution in [0, 0.1) is 27.7 Å². The molecule has 0 spiro atoms. The molecular weight excluding hydrogens is 164 g/mol. The molecule has 1 aliphatic heterocycles. The van der Waals surface area contributed by atoms with Crippen molar-refractivity contribution in [2.45, 2.75) is 27.7 Å². The number of ether oxygens (including phenoxy) is 2. The van der Waals surface area contributed by atoms with Crippen LogP contribution in [0.25, 0.3) is 0 Å². The smallest absolute Gasteiger partial charge is 0.231 e. The van der Waals surface area contributed by atoms with Gasteiger partial charge in [-0.2, -0.15) is 0 Å². The van der Waals surface area contributed by atoms with Crippen molar-refractivity contribution in [3.05, 3.63) is 22.3 Å². The molecular formula is C11H14O2. The van der Waals surface area contributed by atoms with Crippen molar-refractivity contribution in [2.75, 3.05) is 6.79 Å². The highest BCUT2D eigenvalue weighted by Gasteiger charge is 2.21. The molecule has 70 valence electrons. The van der Waals surface area contributed by atoms with E-state index in [-0.39, 0.29) is 0 Å². The van der Waals surface area contributed by atoms with E-state index in [1.165, 1.54) is 22.3 Å². The Balaban J connectivity index is 2.77. The highest BCUT2D eigenvalue weighted by atomic mass is 16.7. The van der Waals surface area contributed by atoms with Gasteiger partial charge in [0.15, 0.2) is 11.5 Å². The van der Waals surface area contributed by atoms with Gasteiger partial charge < -0.3 is 9.47 Å². The maximum Gasteiger partial charge on any atom is 0.231 e. The van der Waals surface area contributed by atoms with Gasteiger partial charge in [-0.05, 0) is 49.9 Å². The summed E-state index contributed by atoms with van der Waals surface area (Å²) in [5, 5.41) is 0. The minimum atomic E-state index is 0.361. The zero-order valence-corrected chi connectivity index (χ0v) is 8.52. The summed E-state index contributed by atoms with van der Waals surface area (Å²) in [6, 6.07) is 0. The Bertz CT molecular complexity index is 332.